The molecule has 0 unspecified atom stereocenters. The number of likely N-dealkylation sites (tertiary alicyclic amines) is 1. The van der Waals surface area contributed by atoms with Gasteiger partial charge < -0.3 is 19.3 Å². The molecule has 2 atom stereocenters. The topological polar surface area (TPSA) is 92.9 Å². The van der Waals surface area contributed by atoms with E-state index in [1.807, 2.05) is 0 Å². The van der Waals surface area contributed by atoms with Crippen molar-refractivity contribution in [2.75, 3.05) is 26.3 Å². The van der Waals surface area contributed by atoms with Crippen molar-refractivity contribution in [1.29, 1.82) is 0 Å². The Bertz CT molecular complexity index is 850. The van der Waals surface area contributed by atoms with Crippen LogP contribution in [0.3, 0.4) is 0 Å². The Balaban J connectivity index is 1.55. The first kappa shape index (κ1) is 17.1. The number of carboxylic acids is 1. The molecule has 26 heavy (non-hydrogen) atoms. The summed E-state index contributed by atoms with van der Waals surface area (Å²) in [4.78, 5) is 26.2. The number of nitrogens with zero attached hydrogens (tertiary/aromatic N) is 2. The molecular formula is C18H17ClN2O5. The van der Waals surface area contributed by atoms with Gasteiger partial charge in [-0.15, -0.1) is 0 Å². The number of carboxylic acid groups (broad SMARTS) is 1. The number of aliphatic carboxylic acids is 1. The van der Waals surface area contributed by atoms with Crippen molar-refractivity contribution in [3.8, 4) is 11.3 Å². The lowest BCUT2D eigenvalue weighted by Gasteiger charge is -2.33. The molecule has 3 heterocycles. The van der Waals surface area contributed by atoms with Crippen molar-refractivity contribution < 1.29 is 24.0 Å². The molecule has 2 aromatic rings. The monoisotopic (exact) mass is 376 g/mol. The van der Waals surface area contributed by atoms with Crippen LogP contribution in [0.4, 0.5) is 0 Å². The summed E-state index contributed by atoms with van der Waals surface area (Å²) in [6, 6.07) is 8.57. The van der Waals surface area contributed by atoms with Gasteiger partial charge in [0.1, 0.15) is 0 Å². The Morgan fingerprint density at radius 3 is 2.77 bits per heavy atom. The number of halogens is 1. The maximum absolute atomic E-state index is 12.8. The van der Waals surface area contributed by atoms with Gasteiger partial charge in [0, 0.05) is 42.3 Å². The van der Waals surface area contributed by atoms with E-state index in [1.165, 1.54) is 4.90 Å². The lowest BCUT2D eigenvalue weighted by Crippen LogP contribution is -2.45. The largest absolute Gasteiger partial charge is 0.481 e. The minimum atomic E-state index is -0.934. The second-order valence-corrected chi connectivity index (χ2v) is 7.19. The van der Waals surface area contributed by atoms with Crippen molar-refractivity contribution in [1.82, 2.24) is 10.1 Å². The van der Waals surface area contributed by atoms with E-state index >= 15 is 0 Å². The van der Waals surface area contributed by atoms with Gasteiger partial charge in [-0.1, -0.05) is 16.8 Å². The van der Waals surface area contributed by atoms with Crippen molar-refractivity contribution in [3.63, 3.8) is 0 Å². The number of hydrogen-bond acceptors (Lipinski definition) is 5. The number of hydrogen-bond donors (Lipinski definition) is 1. The van der Waals surface area contributed by atoms with Crippen molar-refractivity contribution in [2.24, 2.45) is 11.3 Å². The molecular weight excluding hydrogens is 360 g/mol. The lowest BCUT2D eigenvalue weighted by molar-refractivity contribution is -0.157. The zero-order valence-corrected chi connectivity index (χ0v) is 14.6. The second-order valence-electron chi connectivity index (χ2n) is 6.75. The maximum Gasteiger partial charge on any atom is 0.311 e. The fourth-order valence-corrected chi connectivity index (χ4v) is 3.87. The summed E-state index contributed by atoms with van der Waals surface area (Å²) in [6.45, 7) is 1.26. The first-order valence-corrected chi connectivity index (χ1v) is 8.70. The molecule has 1 aromatic carbocycles. The first-order valence-electron chi connectivity index (χ1n) is 8.33. The minimum absolute atomic E-state index is 0.162. The number of carbonyl (C=O) groups is 2. The van der Waals surface area contributed by atoms with Gasteiger partial charge in [-0.3, -0.25) is 9.59 Å². The van der Waals surface area contributed by atoms with Gasteiger partial charge in [0.05, 0.1) is 12.0 Å². The van der Waals surface area contributed by atoms with Crippen molar-refractivity contribution in [3.05, 3.63) is 41.0 Å². The summed E-state index contributed by atoms with van der Waals surface area (Å²) >= 11 is 5.87. The van der Waals surface area contributed by atoms with Crippen LogP contribution >= 0.6 is 11.6 Å². The standard InChI is InChI=1S/C18H17ClN2O5/c19-13-3-1-11(2-4-13)15-7-14(20-26-15)16(22)21-8-12-9-25-6-5-18(12,10-21)17(23)24/h1-4,7,12H,5-6,8-10H2,(H,23,24)/t12-,18+/m0/s1. The molecule has 8 heteroatoms. The van der Waals surface area contributed by atoms with Gasteiger partial charge in [0.25, 0.3) is 5.91 Å². The lowest BCUT2D eigenvalue weighted by atomic mass is 9.74. The van der Waals surface area contributed by atoms with Gasteiger partial charge in [-0.25, -0.2) is 0 Å². The van der Waals surface area contributed by atoms with E-state index in [-0.39, 0.29) is 24.1 Å². The molecule has 0 radical (unpaired) electrons. The Morgan fingerprint density at radius 2 is 2.08 bits per heavy atom. The highest BCUT2D eigenvalue weighted by Crippen LogP contribution is 2.42. The smallest absolute Gasteiger partial charge is 0.311 e. The average molecular weight is 377 g/mol. The van der Waals surface area contributed by atoms with Gasteiger partial charge in [-0.2, -0.15) is 0 Å². The molecule has 0 bridgehead atoms. The van der Waals surface area contributed by atoms with Crippen LogP contribution in [0.25, 0.3) is 11.3 Å². The van der Waals surface area contributed by atoms with Crippen molar-refractivity contribution >= 4 is 23.5 Å². The number of carbonyl (C=O) groups excluding carboxylic acids is 1. The third-order valence-corrected chi connectivity index (χ3v) is 5.53. The van der Waals surface area contributed by atoms with Crippen LogP contribution in [0, 0.1) is 11.3 Å². The molecule has 136 valence electrons. The Hall–Kier alpha value is -2.38. The zero-order chi connectivity index (χ0) is 18.3. The first-order chi connectivity index (χ1) is 12.5. The normalized spacial score (nSPS) is 25.1. The summed E-state index contributed by atoms with van der Waals surface area (Å²) in [5.41, 5.74) is -0.0158. The molecule has 2 aliphatic rings. The zero-order valence-electron chi connectivity index (χ0n) is 13.9. The second kappa shape index (κ2) is 6.41. The minimum Gasteiger partial charge on any atom is -0.481 e. The van der Waals surface area contributed by atoms with E-state index in [4.69, 9.17) is 20.9 Å². The molecule has 1 N–H and O–H groups in total. The molecule has 1 amide bonds. The van der Waals surface area contributed by atoms with E-state index in [9.17, 15) is 14.7 Å². The predicted molar refractivity (Wildman–Crippen MR) is 91.8 cm³/mol. The van der Waals surface area contributed by atoms with E-state index in [2.05, 4.69) is 5.16 Å². The molecule has 1 aromatic heterocycles. The molecule has 2 saturated heterocycles. The summed E-state index contributed by atoms with van der Waals surface area (Å²) in [6.07, 6.45) is 0.408. The predicted octanol–water partition coefficient (Wildman–Crippen LogP) is 2.56. The fraction of sp³-hybridized carbons (Fsp3) is 0.389. The number of ether oxygens (including phenoxy) is 1. The number of fused-ring (bicyclic) bond motifs is 1. The van der Waals surface area contributed by atoms with Gasteiger partial charge >= 0.3 is 5.97 Å². The van der Waals surface area contributed by atoms with Crippen LogP contribution in [-0.4, -0.2) is 53.3 Å². The molecule has 2 aliphatic heterocycles. The average Bonchev–Trinajstić information content (AvgIpc) is 3.27. The Morgan fingerprint density at radius 1 is 1.31 bits per heavy atom. The van der Waals surface area contributed by atoms with Crippen LogP contribution in [0.1, 0.15) is 16.9 Å². The number of benzene rings is 1. The van der Waals surface area contributed by atoms with Crippen LogP contribution in [0.5, 0.6) is 0 Å². The highest BCUT2D eigenvalue weighted by Gasteiger charge is 2.55. The number of aromatic nitrogens is 1. The SMILES string of the molecule is O=C(c1cc(-c2ccc(Cl)cc2)on1)N1C[C@H]2COCC[C@@]2(C(=O)O)C1. The fourth-order valence-electron chi connectivity index (χ4n) is 3.74. The summed E-state index contributed by atoms with van der Waals surface area (Å²) < 4.78 is 10.7. The van der Waals surface area contributed by atoms with Crippen LogP contribution in [0.2, 0.25) is 5.02 Å². The van der Waals surface area contributed by atoms with E-state index in [0.717, 1.165) is 5.56 Å². The number of rotatable bonds is 3. The summed E-state index contributed by atoms with van der Waals surface area (Å²) in [7, 11) is 0. The van der Waals surface area contributed by atoms with Crippen LogP contribution < -0.4 is 0 Å². The van der Waals surface area contributed by atoms with Gasteiger partial charge in [0.15, 0.2) is 11.5 Å². The van der Waals surface area contributed by atoms with Crippen LogP contribution in [-0.2, 0) is 9.53 Å². The molecule has 4 rings (SSSR count). The third-order valence-electron chi connectivity index (χ3n) is 5.28. The quantitative estimate of drug-likeness (QED) is 0.884. The summed E-state index contributed by atoms with van der Waals surface area (Å²) in [5.74, 6) is -0.953. The van der Waals surface area contributed by atoms with Crippen molar-refractivity contribution in [2.45, 2.75) is 6.42 Å². The molecule has 0 aliphatic carbocycles. The van der Waals surface area contributed by atoms with E-state index in [1.54, 1.807) is 30.3 Å². The Labute approximate surface area is 154 Å². The van der Waals surface area contributed by atoms with E-state index in [0.29, 0.717) is 37.0 Å². The molecule has 0 saturated carbocycles. The molecule has 7 nitrogen and oxygen atoms in total. The van der Waals surface area contributed by atoms with Gasteiger partial charge in [0.2, 0.25) is 0 Å². The molecule has 2 fully saturated rings. The van der Waals surface area contributed by atoms with Crippen LogP contribution in [0.15, 0.2) is 34.9 Å². The highest BCUT2D eigenvalue weighted by atomic mass is 35.5. The maximum atomic E-state index is 12.8. The molecule has 0 spiro atoms. The summed E-state index contributed by atoms with van der Waals surface area (Å²) in [5, 5.41) is 14.2. The number of amides is 1. The Kier molecular flexibility index (Phi) is 4.20. The third kappa shape index (κ3) is 2.77. The highest BCUT2D eigenvalue weighted by molar-refractivity contribution is 6.30. The van der Waals surface area contributed by atoms with E-state index < -0.39 is 11.4 Å². The van der Waals surface area contributed by atoms with Gasteiger partial charge in [-0.05, 0) is 30.7 Å².